The summed E-state index contributed by atoms with van der Waals surface area (Å²) in [6.45, 7) is 6.57. The lowest BCUT2D eigenvalue weighted by Gasteiger charge is -2.35. The van der Waals surface area contributed by atoms with Crippen molar-refractivity contribution in [2.45, 2.75) is 26.7 Å². The quantitative estimate of drug-likeness (QED) is 0.860. The van der Waals surface area contributed by atoms with Crippen LogP contribution in [0.3, 0.4) is 0 Å². The highest BCUT2D eigenvalue weighted by atomic mass is 16.5. The van der Waals surface area contributed by atoms with Crippen LogP contribution in [0.1, 0.15) is 26.7 Å². The Balaban J connectivity index is 1.77. The second kappa shape index (κ2) is 6.64. The Bertz CT molecular complexity index is 452. The van der Waals surface area contributed by atoms with Gasteiger partial charge in [0.2, 0.25) is 5.91 Å². The molecule has 1 aromatic rings. The Kier molecular flexibility index (Phi) is 4.88. The number of piperidine rings is 1. The zero-order valence-electron chi connectivity index (χ0n) is 12.3. The van der Waals surface area contributed by atoms with E-state index in [9.17, 15) is 4.79 Å². The van der Waals surface area contributed by atoms with E-state index in [0.717, 1.165) is 18.8 Å². The number of anilines is 1. The molecule has 0 bridgehead atoms. The Morgan fingerprint density at radius 3 is 2.70 bits per heavy atom. The molecule has 2 atom stereocenters. The number of carbonyl (C=O) groups excluding carboxylic acids is 1. The van der Waals surface area contributed by atoms with Crippen LogP contribution in [0.25, 0.3) is 0 Å². The summed E-state index contributed by atoms with van der Waals surface area (Å²) >= 11 is 0. The lowest BCUT2D eigenvalue weighted by atomic mass is 9.92. The number of likely N-dealkylation sites (tertiary alicyclic amines) is 1. The minimum atomic E-state index is 0.187. The van der Waals surface area contributed by atoms with Gasteiger partial charge in [0, 0.05) is 24.8 Å². The van der Waals surface area contributed by atoms with E-state index in [2.05, 4.69) is 13.8 Å². The van der Waals surface area contributed by atoms with Gasteiger partial charge in [0.1, 0.15) is 5.75 Å². The molecule has 0 saturated carbocycles. The topological polar surface area (TPSA) is 55.6 Å². The molecule has 0 radical (unpaired) electrons. The van der Waals surface area contributed by atoms with Gasteiger partial charge in [0.25, 0.3) is 0 Å². The van der Waals surface area contributed by atoms with Crippen LogP contribution in [0.2, 0.25) is 0 Å². The highest BCUT2D eigenvalue weighted by Gasteiger charge is 2.24. The molecule has 1 aliphatic rings. The number of nitrogens with zero attached hydrogens (tertiary/aromatic N) is 1. The third kappa shape index (κ3) is 4.15. The molecule has 2 unspecified atom stereocenters. The molecule has 1 amide bonds. The monoisotopic (exact) mass is 276 g/mol. The van der Waals surface area contributed by atoms with Gasteiger partial charge in [-0.3, -0.25) is 4.79 Å². The van der Waals surface area contributed by atoms with Gasteiger partial charge in [-0.15, -0.1) is 0 Å². The first-order valence-electron chi connectivity index (χ1n) is 7.30. The fourth-order valence-electron chi connectivity index (χ4n) is 2.89. The van der Waals surface area contributed by atoms with Crippen LogP contribution >= 0.6 is 0 Å². The molecular formula is C16H24N2O2. The fraction of sp³-hybridized carbons (Fsp3) is 0.562. The largest absolute Gasteiger partial charge is 0.493 e. The lowest BCUT2D eigenvalue weighted by molar-refractivity contribution is -0.134. The van der Waals surface area contributed by atoms with Crippen molar-refractivity contribution >= 4 is 11.6 Å². The molecule has 1 saturated heterocycles. The number of ether oxygens (including phenoxy) is 1. The van der Waals surface area contributed by atoms with Gasteiger partial charge in [-0.2, -0.15) is 0 Å². The van der Waals surface area contributed by atoms with Crippen molar-refractivity contribution in [3.8, 4) is 5.75 Å². The van der Waals surface area contributed by atoms with E-state index in [1.165, 1.54) is 6.42 Å². The van der Waals surface area contributed by atoms with E-state index < -0.39 is 0 Å². The van der Waals surface area contributed by atoms with Crippen LogP contribution in [0.15, 0.2) is 24.3 Å². The number of amides is 1. The third-order valence-electron chi connectivity index (χ3n) is 3.66. The number of benzene rings is 1. The first kappa shape index (κ1) is 14.7. The Morgan fingerprint density at radius 2 is 2.05 bits per heavy atom. The van der Waals surface area contributed by atoms with Crippen LogP contribution in [0.5, 0.6) is 5.75 Å². The predicted octanol–water partition coefficient (Wildman–Crippen LogP) is 2.54. The molecule has 110 valence electrons. The Morgan fingerprint density at radius 1 is 1.35 bits per heavy atom. The van der Waals surface area contributed by atoms with Crippen LogP contribution in [0.4, 0.5) is 5.69 Å². The molecule has 0 spiro atoms. The standard InChI is InChI=1S/C16H24N2O2/c1-12-8-13(2)11-18(10-12)16(19)6-7-20-15-5-3-4-14(17)9-15/h3-5,9,12-13H,6-8,10-11,17H2,1-2H3. The molecule has 1 aliphatic heterocycles. The molecule has 2 rings (SSSR count). The van der Waals surface area contributed by atoms with Crippen molar-refractivity contribution in [1.82, 2.24) is 4.90 Å². The van der Waals surface area contributed by atoms with E-state index in [-0.39, 0.29) is 5.91 Å². The maximum Gasteiger partial charge on any atom is 0.226 e. The van der Waals surface area contributed by atoms with E-state index in [0.29, 0.717) is 30.6 Å². The normalized spacial score (nSPS) is 22.6. The van der Waals surface area contributed by atoms with E-state index >= 15 is 0 Å². The summed E-state index contributed by atoms with van der Waals surface area (Å²) < 4.78 is 5.57. The van der Waals surface area contributed by atoms with Gasteiger partial charge in [0.05, 0.1) is 13.0 Å². The van der Waals surface area contributed by atoms with Crippen molar-refractivity contribution in [1.29, 1.82) is 0 Å². The van der Waals surface area contributed by atoms with E-state index in [4.69, 9.17) is 10.5 Å². The fourth-order valence-corrected chi connectivity index (χ4v) is 2.89. The zero-order chi connectivity index (χ0) is 14.5. The molecule has 0 aromatic heterocycles. The van der Waals surface area contributed by atoms with Crippen molar-refractivity contribution in [3.63, 3.8) is 0 Å². The maximum atomic E-state index is 12.2. The van der Waals surface area contributed by atoms with Crippen molar-refractivity contribution in [2.24, 2.45) is 11.8 Å². The molecule has 2 N–H and O–H groups in total. The molecule has 0 aliphatic carbocycles. The molecule has 4 heteroatoms. The average Bonchev–Trinajstić information content (AvgIpc) is 2.37. The number of hydrogen-bond donors (Lipinski definition) is 1. The second-order valence-corrected chi connectivity index (χ2v) is 5.92. The van der Waals surface area contributed by atoms with Gasteiger partial charge in [0.15, 0.2) is 0 Å². The van der Waals surface area contributed by atoms with E-state index in [1.807, 2.05) is 23.1 Å². The molecular weight excluding hydrogens is 252 g/mol. The SMILES string of the molecule is CC1CC(C)CN(C(=O)CCOc2cccc(N)c2)C1. The van der Waals surface area contributed by atoms with Crippen molar-refractivity contribution < 1.29 is 9.53 Å². The number of hydrogen-bond acceptors (Lipinski definition) is 3. The summed E-state index contributed by atoms with van der Waals surface area (Å²) in [5.74, 6) is 2.10. The summed E-state index contributed by atoms with van der Waals surface area (Å²) in [6, 6.07) is 7.29. The van der Waals surface area contributed by atoms with Crippen molar-refractivity contribution in [3.05, 3.63) is 24.3 Å². The highest BCUT2D eigenvalue weighted by Crippen LogP contribution is 2.21. The third-order valence-corrected chi connectivity index (χ3v) is 3.66. The number of rotatable bonds is 4. The second-order valence-electron chi connectivity index (χ2n) is 5.92. The van der Waals surface area contributed by atoms with Gasteiger partial charge < -0.3 is 15.4 Å². The van der Waals surface area contributed by atoms with Crippen molar-refractivity contribution in [2.75, 3.05) is 25.4 Å². The van der Waals surface area contributed by atoms with Crippen LogP contribution in [-0.4, -0.2) is 30.5 Å². The van der Waals surface area contributed by atoms with E-state index in [1.54, 1.807) is 6.07 Å². The molecule has 1 heterocycles. The summed E-state index contributed by atoms with van der Waals surface area (Å²) in [5.41, 5.74) is 6.36. The zero-order valence-corrected chi connectivity index (χ0v) is 12.3. The van der Waals surface area contributed by atoms with Gasteiger partial charge >= 0.3 is 0 Å². The number of nitrogens with two attached hydrogens (primary N) is 1. The molecule has 20 heavy (non-hydrogen) atoms. The van der Waals surface area contributed by atoms with Crippen LogP contribution < -0.4 is 10.5 Å². The predicted molar refractivity (Wildman–Crippen MR) is 80.5 cm³/mol. The molecule has 4 nitrogen and oxygen atoms in total. The summed E-state index contributed by atoms with van der Waals surface area (Å²) in [7, 11) is 0. The Hall–Kier alpha value is -1.71. The van der Waals surface area contributed by atoms with Crippen LogP contribution in [0, 0.1) is 11.8 Å². The molecule has 1 aromatic carbocycles. The summed E-state index contributed by atoms with van der Waals surface area (Å²) in [6.07, 6.45) is 1.64. The number of carbonyl (C=O) groups is 1. The lowest BCUT2D eigenvalue weighted by Crippen LogP contribution is -2.42. The maximum absolute atomic E-state index is 12.2. The molecule has 1 fully saturated rings. The summed E-state index contributed by atoms with van der Waals surface area (Å²) in [5, 5.41) is 0. The van der Waals surface area contributed by atoms with Gasteiger partial charge in [-0.25, -0.2) is 0 Å². The van der Waals surface area contributed by atoms with Gasteiger partial charge in [-0.1, -0.05) is 19.9 Å². The van der Waals surface area contributed by atoms with Gasteiger partial charge in [-0.05, 0) is 30.4 Å². The first-order valence-corrected chi connectivity index (χ1v) is 7.30. The van der Waals surface area contributed by atoms with Crippen LogP contribution in [-0.2, 0) is 4.79 Å². The minimum Gasteiger partial charge on any atom is -0.493 e. The highest BCUT2D eigenvalue weighted by molar-refractivity contribution is 5.76. The minimum absolute atomic E-state index is 0.187. The smallest absolute Gasteiger partial charge is 0.226 e. The average molecular weight is 276 g/mol. The first-order chi connectivity index (χ1) is 9.54. The Labute approximate surface area is 120 Å². The number of nitrogen functional groups attached to an aromatic ring is 1. The summed E-state index contributed by atoms with van der Waals surface area (Å²) in [4.78, 5) is 14.1.